The molecular weight excluding hydrogens is 488 g/mol. The second-order valence-corrected chi connectivity index (χ2v) is 11.3. The van der Waals surface area contributed by atoms with Crippen LogP contribution in [-0.2, 0) is 17.5 Å². The molecule has 0 aliphatic carbocycles. The molecule has 190 valence electrons. The molecule has 0 spiro atoms. The SMILES string of the molecule is CC(C)Oc1ccc(CCCOc2ccc(CNCCCP(=O)(O)O)cc2-c2cccs2)cc1F. The Labute approximate surface area is 210 Å². The van der Waals surface area contributed by atoms with Crippen molar-refractivity contribution in [1.29, 1.82) is 0 Å². The van der Waals surface area contributed by atoms with Crippen molar-refractivity contribution >= 4 is 18.9 Å². The molecule has 0 unspecified atom stereocenters. The lowest BCUT2D eigenvalue weighted by Gasteiger charge is -2.14. The predicted octanol–water partition coefficient (Wildman–Crippen LogP) is 6.01. The van der Waals surface area contributed by atoms with E-state index < -0.39 is 7.60 Å². The predicted molar refractivity (Wildman–Crippen MR) is 139 cm³/mol. The number of benzene rings is 2. The normalized spacial score (nSPS) is 11.7. The number of thiophene rings is 1. The van der Waals surface area contributed by atoms with Crippen LogP contribution in [0.4, 0.5) is 4.39 Å². The van der Waals surface area contributed by atoms with E-state index in [0.29, 0.717) is 32.5 Å². The third kappa shape index (κ3) is 9.39. The third-order valence-corrected chi connectivity index (χ3v) is 6.99. The average Bonchev–Trinajstić information content (AvgIpc) is 3.32. The molecule has 0 aliphatic heterocycles. The first kappa shape index (κ1) is 27.4. The van der Waals surface area contributed by atoms with Gasteiger partial charge in [0.2, 0.25) is 0 Å². The van der Waals surface area contributed by atoms with Gasteiger partial charge in [-0.15, -0.1) is 11.3 Å². The fourth-order valence-corrected chi connectivity index (χ4v) is 4.91. The molecule has 0 aliphatic rings. The fourth-order valence-electron chi connectivity index (χ4n) is 3.59. The van der Waals surface area contributed by atoms with E-state index in [4.69, 9.17) is 19.3 Å². The largest absolute Gasteiger partial charge is 0.493 e. The molecule has 1 aromatic heterocycles. The van der Waals surface area contributed by atoms with Crippen LogP contribution < -0.4 is 14.8 Å². The highest BCUT2D eigenvalue weighted by molar-refractivity contribution is 7.51. The topological polar surface area (TPSA) is 88.0 Å². The molecule has 35 heavy (non-hydrogen) atoms. The van der Waals surface area contributed by atoms with Gasteiger partial charge < -0.3 is 24.6 Å². The Kier molecular flexibility index (Phi) is 10.3. The van der Waals surface area contributed by atoms with Crippen LogP contribution in [0.5, 0.6) is 11.5 Å². The Morgan fingerprint density at radius 2 is 1.83 bits per heavy atom. The molecule has 0 bridgehead atoms. The van der Waals surface area contributed by atoms with E-state index in [9.17, 15) is 8.96 Å². The van der Waals surface area contributed by atoms with Gasteiger partial charge in [0, 0.05) is 17.0 Å². The molecule has 2 aromatic carbocycles. The minimum absolute atomic E-state index is 0.0729. The summed E-state index contributed by atoms with van der Waals surface area (Å²) in [4.78, 5) is 19.0. The first-order valence-electron chi connectivity index (χ1n) is 11.7. The second-order valence-electron chi connectivity index (χ2n) is 8.61. The number of halogens is 1. The molecule has 3 N–H and O–H groups in total. The summed E-state index contributed by atoms with van der Waals surface area (Å²) in [7, 11) is -3.95. The zero-order valence-electron chi connectivity index (χ0n) is 20.1. The molecule has 6 nitrogen and oxygen atoms in total. The Bertz CT molecular complexity index is 1120. The molecule has 9 heteroatoms. The van der Waals surface area contributed by atoms with Crippen molar-refractivity contribution in [3.63, 3.8) is 0 Å². The van der Waals surface area contributed by atoms with Crippen molar-refractivity contribution in [2.24, 2.45) is 0 Å². The maximum absolute atomic E-state index is 14.2. The van der Waals surface area contributed by atoms with E-state index in [1.54, 1.807) is 17.4 Å². The quantitative estimate of drug-likeness (QED) is 0.178. The van der Waals surface area contributed by atoms with E-state index in [1.165, 1.54) is 6.07 Å². The van der Waals surface area contributed by atoms with Gasteiger partial charge in [0.1, 0.15) is 5.75 Å². The summed E-state index contributed by atoms with van der Waals surface area (Å²) < 4.78 is 36.7. The number of aryl methyl sites for hydroxylation is 1. The van der Waals surface area contributed by atoms with Crippen LogP contribution in [0.3, 0.4) is 0 Å². The number of hydrogen-bond acceptors (Lipinski definition) is 5. The van der Waals surface area contributed by atoms with Gasteiger partial charge in [-0.3, -0.25) is 4.57 Å². The minimum Gasteiger partial charge on any atom is -0.493 e. The molecule has 0 fully saturated rings. The number of nitrogens with one attached hydrogen (secondary N) is 1. The van der Waals surface area contributed by atoms with Gasteiger partial charge in [0.25, 0.3) is 0 Å². The van der Waals surface area contributed by atoms with E-state index in [1.807, 2.05) is 49.6 Å². The van der Waals surface area contributed by atoms with Crippen LogP contribution in [0.1, 0.15) is 37.8 Å². The molecule has 0 saturated carbocycles. The molecule has 3 rings (SSSR count). The van der Waals surface area contributed by atoms with Crippen LogP contribution in [0.2, 0.25) is 0 Å². The maximum Gasteiger partial charge on any atom is 0.325 e. The molecule has 0 radical (unpaired) electrons. The zero-order valence-corrected chi connectivity index (χ0v) is 21.8. The standard InChI is InChI=1S/C26H33FNO5PS/c1-19(2)33-25-11-8-20(17-23(25)27)6-3-13-32-24-10-9-21(16-22(24)26-7-4-15-35-26)18-28-12-5-14-34(29,30)31/h4,7-11,15-17,19,28H,3,5-6,12-14,18H2,1-2H3,(H2,29,30,31). The first-order chi connectivity index (χ1) is 16.7. The van der Waals surface area contributed by atoms with Crippen molar-refractivity contribution in [1.82, 2.24) is 5.32 Å². The average molecular weight is 522 g/mol. The second kappa shape index (κ2) is 13.2. The molecule has 0 atom stereocenters. The lowest BCUT2D eigenvalue weighted by atomic mass is 10.1. The van der Waals surface area contributed by atoms with Crippen LogP contribution in [0, 0.1) is 5.82 Å². The fraction of sp³-hybridized carbons (Fsp3) is 0.385. The van der Waals surface area contributed by atoms with Gasteiger partial charge in [-0.1, -0.05) is 18.2 Å². The smallest absolute Gasteiger partial charge is 0.325 e. The van der Waals surface area contributed by atoms with Gasteiger partial charge in [0.15, 0.2) is 11.6 Å². The third-order valence-electron chi connectivity index (χ3n) is 5.19. The summed E-state index contributed by atoms with van der Waals surface area (Å²) in [5, 5.41) is 5.26. The highest BCUT2D eigenvalue weighted by Gasteiger charge is 2.12. The summed E-state index contributed by atoms with van der Waals surface area (Å²) in [5.74, 6) is 0.726. The van der Waals surface area contributed by atoms with E-state index in [2.05, 4.69) is 11.4 Å². The van der Waals surface area contributed by atoms with Gasteiger partial charge in [0.05, 0.1) is 18.9 Å². The Balaban J connectivity index is 1.55. The van der Waals surface area contributed by atoms with E-state index in [-0.39, 0.29) is 23.8 Å². The Morgan fingerprint density at radius 3 is 2.51 bits per heavy atom. The van der Waals surface area contributed by atoms with Crippen molar-refractivity contribution in [3.8, 4) is 21.9 Å². The minimum atomic E-state index is -3.95. The van der Waals surface area contributed by atoms with Gasteiger partial charge >= 0.3 is 7.60 Å². The van der Waals surface area contributed by atoms with Crippen molar-refractivity contribution < 1.29 is 28.2 Å². The Morgan fingerprint density at radius 1 is 1.06 bits per heavy atom. The molecule has 3 aromatic rings. The zero-order chi connectivity index (χ0) is 25.3. The molecule has 0 amide bonds. The summed E-state index contributed by atoms with van der Waals surface area (Å²) in [5.41, 5.74) is 2.98. The van der Waals surface area contributed by atoms with E-state index in [0.717, 1.165) is 33.7 Å². The molecular formula is C26H33FNO5PS. The van der Waals surface area contributed by atoms with Crippen molar-refractivity contribution in [2.45, 2.75) is 45.8 Å². The lowest BCUT2D eigenvalue weighted by molar-refractivity contribution is 0.231. The summed E-state index contributed by atoms with van der Waals surface area (Å²) in [6.07, 6.45) is 1.67. The summed E-state index contributed by atoms with van der Waals surface area (Å²) in [6.45, 7) is 5.37. The number of rotatable bonds is 14. The highest BCUT2D eigenvalue weighted by atomic mass is 32.1. The molecule has 0 saturated heterocycles. The highest BCUT2D eigenvalue weighted by Crippen LogP contribution is 2.35. The van der Waals surface area contributed by atoms with Gasteiger partial charge in [-0.2, -0.15) is 0 Å². The van der Waals surface area contributed by atoms with Crippen LogP contribution in [-0.4, -0.2) is 35.2 Å². The van der Waals surface area contributed by atoms with Crippen molar-refractivity contribution in [2.75, 3.05) is 19.3 Å². The van der Waals surface area contributed by atoms with Gasteiger partial charge in [-0.05, 0) is 86.5 Å². The lowest BCUT2D eigenvalue weighted by Crippen LogP contribution is -2.16. The monoisotopic (exact) mass is 521 g/mol. The van der Waals surface area contributed by atoms with E-state index >= 15 is 0 Å². The molecule has 1 heterocycles. The van der Waals surface area contributed by atoms with Gasteiger partial charge in [-0.25, -0.2) is 4.39 Å². The van der Waals surface area contributed by atoms with Crippen molar-refractivity contribution in [3.05, 3.63) is 70.9 Å². The summed E-state index contributed by atoms with van der Waals surface area (Å²) >= 11 is 1.64. The van der Waals surface area contributed by atoms with Crippen LogP contribution >= 0.6 is 18.9 Å². The maximum atomic E-state index is 14.2. The first-order valence-corrected chi connectivity index (χ1v) is 14.4. The van der Waals surface area contributed by atoms with Crippen LogP contribution in [0.15, 0.2) is 53.9 Å². The van der Waals surface area contributed by atoms with Crippen LogP contribution in [0.25, 0.3) is 10.4 Å². The summed E-state index contributed by atoms with van der Waals surface area (Å²) in [6, 6.07) is 15.2. The number of hydrogen-bond donors (Lipinski definition) is 3. The Hall–Kier alpha value is -2.22. The number of ether oxygens (including phenoxy) is 2.